The van der Waals surface area contributed by atoms with Crippen molar-refractivity contribution in [1.29, 1.82) is 0 Å². The lowest BCUT2D eigenvalue weighted by Crippen LogP contribution is -2.21. The first-order valence-electron chi connectivity index (χ1n) is 9.60. The van der Waals surface area contributed by atoms with Crippen LogP contribution in [0.2, 0.25) is 0 Å². The van der Waals surface area contributed by atoms with E-state index in [1.54, 1.807) is 0 Å². The quantitative estimate of drug-likeness (QED) is 0.150. The van der Waals surface area contributed by atoms with Crippen molar-refractivity contribution in [1.82, 2.24) is 0 Å². The summed E-state index contributed by atoms with van der Waals surface area (Å²) in [5.74, 6) is 3.13. The highest BCUT2D eigenvalue weighted by molar-refractivity contribution is 7.97. The van der Waals surface area contributed by atoms with Crippen LogP contribution in [0.25, 0.3) is 10.8 Å². The van der Waals surface area contributed by atoms with Crippen LogP contribution in [0.3, 0.4) is 0 Å². The topological polar surface area (TPSA) is 92.7 Å². The van der Waals surface area contributed by atoms with Gasteiger partial charge >= 0.3 is 11.7 Å². The Kier molecular flexibility index (Phi) is 9.01. The molecule has 1 aliphatic heterocycles. The summed E-state index contributed by atoms with van der Waals surface area (Å²) in [7, 11) is -5.75. The van der Waals surface area contributed by atoms with Crippen molar-refractivity contribution in [3.05, 3.63) is 36.4 Å². The van der Waals surface area contributed by atoms with Gasteiger partial charge in [0.15, 0.2) is 15.0 Å². The van der Waals surface area contributed by atoms with Crippen LogP contribution >= 0.6 is 0 Å². The fourth-order valence-corrected chi connectivity index (χ4v) is 5.35. The van der Waals surface area contributed by atoms with E-state index in [9.17, 15) is 18.0 Å². The molecule has 1 saturated heterocycles. The lowest BCUT2D eigenvalue weighted by molar-refractivity contribution is -0.0517. The molecule has 0 saturated carbocycles. The van der Waals surface area contributed by atoms with E-state index in [4.69, 9.17) is 22.4 Å². The molecule has 0 spiro atoms. The first-order valence-corrected chi connectivity index (χ1v) is 12.6. The molecular weight excluding hydrogens is 457 g/mol. The van der Waals surface area contributed by atoms with Crippen LogP contribution in [-0.2, 0) is 25.7 Å². The van der Waals surface area contributed by atoms with E-state index in [0.29, 0.717) is 23.3 Å². The van der Waals surface area contributed by atoms with Crippen LogP contribution in [0.5, 0.6) is 5.75 Å². The first kappa shape index (κ1) is 25.3. The molecule has 0 aliphatic carbocycles. The second-order valence-corrected chi connectivity index (χ2v) is 10.3. The van der Waals surface area contributed by atoms with Gasteiger partial charge in [0.1, 0.15) is 17.3 Å². The maximum absolute atomic E-state index is 11.7. The molecule has 0 bridgehead atoms. The molecule has 1 aliphatic rings. The van der Waals surface area contributed by atoms with Crippen LogP contribution in [0.15, 0.2) is 41.3 Å². The molecule has 1 fully saturated rings. The monoisotopic (exact) mass is 480 g/mol. The molecule has 6 nitrogen and oxygen atoms in total. The average Bonchev–Trinajstić information content (AvgIpc) is 3.21. The summed E-state index contributed by atoms with van der Waals surface area (Å²) >= 11 is 0. The number of alkyl halides is 3. The van der Waals surface area contributed by atoms with Crippen molar-refractivity contribution in [2.75, 3.05) is 18.1 Å². The largest absolute Gasteiger partial charge is 0.741 e. The van der Waals surface area contributed by atoms with Crippen LogP contribution < -0.4 is 4.74 Å². The minimum absolute atomic E-state index is 0.336. The maximum Gasteiger partial charge on any atom is 0.513 e. The van der Waals surface area contributed by atoms with E-state index in [1.165, 1.54) is 40.0 Å². The fraction of sp³-hybridized carbons (Fsp3) is 0.450. The Hall–Kier alpha value is -1.98. The third kappa shape index (κ3) is 7.58. The standard InChI is InChI=1S/C19H23O3S.CHF3O3S/c1-2-3-11-21-19(20)22-16-10-9-15-7-6-8-18(17(15)14-16)23-12-4-5-13-23;2-1(3,4)8(5,6)7/h6-10,14H,2-5,11-13H2,1H3;(H,5,6,7)/q+1;/p-1. The van der Waals surface area contributed by atoms with Crippen molar-refractivity contribution in [2.24, 2.45) is 0 Å². The number of fused-ring (bicyclic) bond motifs is 1. The predicted octanol–water partition coefficient (Wildman–Crippen LogP) is 4.98. The lowest BCUT2D eigenvalue weighted by atomic mass is 10.1. The second kappa shape index (κ2) is 11.1. The zero-order valence-corrected chi connectivity index (χ0v) is 18.4. The molecule has 2 aromatic carbocycles. The Morgan fingerprint density at radius 1 is 1.16 bits per heavy atom. The number of ether oxygens (including phenoxy) is 2. The highest BCUT2D eigenvalue weighted by Crippen LogP contribution is 2.32. The number of benzene rings is 2. The third-order valence-electron chi connectivity index (χ3n) is 4.36. The summed E-state index contributed by atoms with van der Waals surface area (Å²) < 4.78 is 69.3. The predicted molar refractivity (Wildman–Crippen MR) is 111 cm³/mol. The van der Waals surface area contributed by atoms with E-state index < -0.39 is 21.8 Å². The summed E-state index contributed by atoms with van der Waals surface area (Å²) in [6.45, 7) is 2.47. The molecule has 31 heavy (non-hydrogen) atoms. The number of hydrogen-bond acceptors (Lipinski definition) is 6. The van der Waals surface area contributed by atoms with Gasteiger partial charge in [-0.15, -0.1) is 0 Å². The van der Waals surface area contributed by atoms with Gasteiger partial charge in [0.2, 0.25) is 0 Å². The molecule has 11 heteroatoms. The molecule has 0 aromatic heterocycles. The number of unbranched alkanes of at least 4 members (excludes halogenated alkanes) is 1. The summed E-state index contributed by atoms with van der Waals surface area (Å²) in [5, 5.41) is 2.41. The number of hydrogen-bond donors (Lipinski definition) is 0. The molecule has 0 amide bonds. The van der Waals surface area contributed by atoms with Gasteiger partial charge in [-0.05, 0) is 42.8 Å². The van der Waals surface area contributed by atoms with Gasteiger partial charge < -0.3 is 14.0 Å². The van der Waals surface area contributed by atoms with Gasteiger partial charge in [0, 0.05) is 16.3 Å². The molecule has 172 valence electrons. The molecule has 0 unspecified atom stereocenters. The van der Waals surface area contributed by atoms with Gasteiger partial charge in [0.05, 0.1) is 6.61 Å². The first-order chi connectivity index (χ1) is 14.5. The highest BCUT2D eigenvalue weighted by atomic mass is 32.2. The van der Waals surface area contributed by atoms with E-state index in [2.05, 4.69) is 25.1 Å². The van der Waals surface area contributed by atoms with Crippen LogP contribution in [0, 0.1) is 0 Å². The summed E-state index contributed by atoms with van der Waals surface area (Å²) in [6.07, 6.45) is 3.88. The lowest BCUT2D eigenvalue weighted by Gasteiger charge is -2.08. The van der Waals surface area contributed by atoms with E-state index in [1.807, 2.05) is 18.2 Å². The molecule has 3 rings (SSSR count). The molecular formula is C20H23F3O6S2. The van der Waals surface area contributed by atoms with Gasteiger partial charge in [-0.3, -0.25) is 0 Å². The van der Waals surface area contributed by atoms with Crippen LogP contribution in [-0.4, -0.2) is 42.7 Å². The normalized spacial score (nSPS) is 14.7. The third-order valence-corrected chi connectivity index (χ3v) is 7.47. The summed E-state index contributed by atoms with van der Waals surface area (Å²) in [4.78, 5) is 13.1. The van der Waals surface area contributed by atoms with E-state index >= 15 is 0 Å². The van der Waals surface area contributed by atoms with Gasteiger partial charge in [0.25, 0.3) is 0 Å². The van der Waals surface area contributed by atoms with Crippen molar-refractivity contribution in [3.63, 3.8) is 0 Å². The van der Waals surface area contributed by atoms with Gasteiger partial charge in [-0.25, -0.2) is 13.2 Å². The summed E-state index contributed by atoms with van der Waals surface area (Å²) in [6, 6.07) is 12.3. The number of rotatable bonds is 5. The van der Waals surface area contributed by atoms with Crippen molar-refractivity contribution >= 4 is 37.9 Å². The Morgan fingerprint density at radius 3 is 2.39 bits per heavy atom. The number of carbonyl (C=O) groups is 1. The van der Waals surface area contributed by atoms with Crippen LogP contribution in [0.4, 0.5) is 18.0 Å². The zero-order valence-electron chi connectivity index (χ0n) is 16.8. The SMILES string of the molecule is CCCCOC(=O)Oc1ccc2cccc([S+]3CCCC3)c2c1.O=S(=O)([O-])C(F)(F)F. The Morgan fingerprint density at radius 2 is 1.81 bits per heavy atom. The summed E-state index contributed by atoms with van der Waals surface area (Å²) in [5.41, 5.74) is -5.65. The van der Waals surface area contributed by atoms with Gasteiger partial charge in [-0.2, -0.15) is 13.2 Å². The van der Waals surface area contributed by atoms with Crippen molar-refractivity contribution in [2.45, 2.75) is 43.0 Å². The highest BCUT2D eigenvalue weighted by Gasteiger charge is 2.37. The van der Waals surface area contributed by atoms with E-state index in [-0.39, 0.29) is 0 Å². The second-order valence-electron chi connectivity index (χ2n) is 6.70. The Balaban J connectivity index is 0.000000366. The smallest absolute Gasteiger partial charge is 0.513 e. The number of halogens is 3. The molecule has 2 aromatic rings. The van der Waals surface area contributed by atoms with Gasteiger partial charge in [-0.1, -0.05) is 31.5 Å². The average molecular weight is 481 g/mol. The van der Waals surface area contributed by atoms with Crippen molar-refractivity contribution < 1.29 is 40.4 Å². The number of carbonyl (C=O) groups excluding carboxylic acids is 1. The molecule has 0 atom stereocenters. The zero-order chi connectivity index (χ0) is 23.1. The minimum atomic E-state index is -6.09. The van der Waals surface area contributed by atoms with Crippen LogP contribution in [0.1, 0.15) is 32.6 Å². The minimum Gasteiger partial charge on any atom is -0.741 e. The van der Waals surface area contributed by atoms with Crippen molar-refractivity contribution in [3.8, 4) is 5.75 Å². The maximum atomic E-state index is 11.7. The fourth-order valence-electron chi connectivity index (χ4n) is 2.84. The molecule has 1 heterocycles. The Bertz CT molecular complexity index is 986. The van der Waals surface area contributed by atoms with E-state index in [0.717, 1.165) is 12.8 Å². The molecule has 0 radical (unpaired) electrons. The Labute approximate surface area is 181 Å². The molecule has 0 N–H and O–H groups in total.